The number of carbonyl (C=O) groups is 1. The molecule has 156 valence electrons. The molecule has 1 N–H and O–H groups in total. The fourth-order valence-corrected chi connectivity index (χ4v) is 4.26. The van der Waals surface area contributed by atoms with Crippen LogP contribution in [0.5, 0.6) is 0 Å². The predicted octanol–water partition coefficient (Wildman–Crippen LogP) is 3.34. The molecule has 1 aromatic carbocycles. The molecule has 0 atom stereocenters. The lowest BCUT2D eigenvalue weighted by molar-refractivity contribution is 0.0682. The molecular weight excluding hydrogens is 390 g/mol. The molecule has 31 heavy (non-hydrogen) atoms. The van der Waals surface area contributed by atoms with Gasteiger partial charge in [0.05, 0.1) is 5.69 Å². The molecule has 0 spiro atoms. The standard InChI is InChI=1S/C24H23N5O2/c30-23-5-4-21(18-6-11-25-12-7-18)27-29(23)16-17-9-14-28(15-10-17)24(31)20-2-1-3-22-19(20)8-13-26-22/h1-8,11-13,17,26H,9-10,14-16H2. The molecule has 7 heteroatoms. The van der Waals surface area contributed by atoms with Crippen molar-refractivity contribution in [2.24, 2.45) is 5.92 Å². The Morgan fingerprint density at radius 1 is 1.03 bits per heavy atom. The Bertz CT molecular complexity index is 1270. The monoisotopic (exact) mass is 413 g/mol. The van der Waals surface area contributed by atoms with Gasteiger partial charge in [-0.25, -0.2) is 4.68 Å². The maximum absolute atomic E-state index is 13.1. The number of nitrogens with zero attached hydrogens (tertiary/aromatic N) is 4. The zero-order chi connectivity index (χ0) is 21.2. The van der Waals surface area contributed by atoms with Gasteiger partial charge >= 0.3 is 0 Å². The number of hydrogen-bond acceptors (Lipinski definition) is 4. The number of carbonyl (C=O) groups excluding carboxylic acids is 1. The first-order valence-electron chi connectivity index (χ1n) is 10.5. The Balaban J connectivity index is 1.27. The number of amides is 1. The highest BCUT2D eigenvalue weighted by Crippen LogP contribution is 2.24. The quantitative estimate of drug-likeness (QED) is 0.556. The minimum atomic E-state index is -0.101. The van der Waals surface area contributed by atoms with E-state index < -0.39 is 0 Å². The maximum Gasteiger partial charge on any atom is 0.266 e. The lowest BCUT2D eigenvalue weighted by Gasteiger charge is -2.32. The average molecular weight is 413 g/mol. The molecule has 0 saturated carbocycles. The number of aromatic nitrogens is 4. The Labute approximate surface area is 179 Å². The van der Waals surface area contributed by atoms with Crippen LogP contribution in [0.1, 0.15) is 23.2 Å². The van der Waals surface area contributed by atoms with Gasteiger partial charge in [0.1, 0.15) is 0 Å². The largest absolute Gasteiger partial charge is 0.361 e. The minimum absolute atomic E-state index is 0.0682. The topological polar surface area (TPSA) is 83.9 Å². The molecule has 1 saturated heterocycles. The van der Waals surface area contributed by atoms with Crippen LogP contribution in [0.25, 0.3) is 22.2 Å². The van der Waals surface area contributed by atoms with E-state index >= 15 is 0 Å². The van der Waals surface area contributed by atoms with E-state index in [4.69, 9.17) is 0 Å². The van der Waals surface area contributed by atoms with Gasteiger partial charge in [-0.3, -0.25) is 14.6 Å². The van der Waals surface area contributed by atoms with Crippen LogP contribution in [0.15, 0.2) is 71.9 Å². The Morgan fingerprint density at radius 2 is 1.84 bits per heavy atom. The molecule has 1 amide bonds. The summed E-state index contributed by atoms with van der Waals surface area (Å²) >= 11 is 0. The van der Waals surface area contributed by atoms with Crippen molar-refractivity contribution in [1.82, 2.24) is 24.6 Å². The summed E-state index contributed by atoms with van der Waals surface area (Å²) in [5.74, 6) is 0.378. The highest BCUT2D eigenvalue weighted by Gasteiger charge is 2.25. The average Bonchev–Trinajstić information content (AvgIpc) is 3.30. The maximum atomic E-state index is 13.1. The first kappa shape index (κ1) is 19.2. The molecule has 4 heterocycles. The van der Waals surface area contributed by atoms with E-state index in [2.05, 4.69) is 15.1 Å². The van der Waals surface area contributed by atoms with E-state index in [0.29, 0.717) is 25.6 Å². The van der Waals surface area contributed by atoms with Crippen LogP contribution < -0.4 is 5.56 Å². The van der Waals surface area contributed by atoms with E-state index in [0.717, 1.165) is 40.6 Å². The zero-order valence-electron chi connectivity index (χ0n) is 17.1. The summed E-state index contributed by atoms with van der Waals surface area (Å²) in [5.41, 5.74) is 3.30. The van der Waals surface area contributed by atoms with E-state index in [1.54, 1.807) is 29.2 Å². The highest BCUT2D eigenvalue weighted by molar-refractivity contribution is 6.06. The van der Waals surface area contributed by atoms with Gasteiger partial charge in [0.15, 0.2) is 0 Å². The van der Waals surface area contributed by atoms with E-state index in [1.807, 2.05) is 47.5 Å². The third kappa shape index (κ3) is 3.86. The summed E-state index contributed by atoms with van der Waals surface area (Å²) in [5, 5.41) is 5.52. The third-order valence-electron chi connectivity index (χ3n) is 6.00. The number of aromatic amines is 1. The molecule has 3 aromatic heterocycles. The molecule has 0 unspecified atom stereocenters. The van der Waals surface area contributed by atoms with Crippen molar-refractivity contribution in [2.45, 2.75) is 19.4 Å². The van der Waals surface area contributed by atoms with Crippen LogP contribution in [0.2, 0.25) is 0 Å². The number of likely N-dealkylation sites (tertiary alicyclic amines) is 1. The van der Waals surface area contributed by atoms with Gasteiger partial charge in [0, 0.05) is 66.3 Å². The first-order valence-corrected chi connectivity index (χ1v) is 10.5. The van der Waals surface area contributed by atoms with E-state index in [1.165, 1.54) is 0 Å². The van der Waals surface area contributed by atoms with Crippen molar-refractivity contribution in [2.75, 3.05) is 13.1 Å². The molecular formula is C24H23N5O2. The summed E-state index contributed by atoms with van der Waals surface area (Å²) in [7, 11) is 0. The number of fused-ring (bicyclic) bond motifs is 1. The van der Waals surface area contributed by atoms with Crippen LogP contribution in [0.3, 0.4) is 0 Å². The van der Waals surface area contributed by atoms with Crippen molar-refractivity contribution in [3.8, 4) is 11.3 Å². The summed E-state index contributed by atoms with van der Waals surface area (Å²) in [6, 6.07) is 14.8. The van der Waals surface area contributed by atoms with E-state index in [-0.39, 0.29) is 11.5 Å². The summed E-state index contributed by atoms with van der Waals surface area (Å²) in [4.78, 5) is 34.5. The molecule has 0 aliphatic carbocycles. The molecule has 1 aliphatic heterocycles. The predicted molar refractivity (Wildman–Crippen MR) is 119 cm³/mol. The Kier molecular flexibility index (Phi) is 5.08. The number of hydrogen-bond donors (Lipinski definition) is 1. The Hall–Kier alpha value is -3.74. The normalized spacial score (nSPS) is 14.8. The SMILES string of the molecule is O=C(c1cccc2[nH]ccc12)N1CCC(Cn2nc(-c3ccncc3)ccc2=O)CC1. The van der Waals surface area contributed by atoms with Crippen LogP contribution in [0.4, 0.5) is 0 Å². The second-order valence-corrected chi connectivity index (χ2v) is 7.95. The number of benzene rings is 1. The first-order chi connectivity index (χ1) is 15.2. The van der Waals surface area contributed by atoms with Crippen LogP contribution in [-0.4, -0.2) is 43.6 Å². The molecule has 1 aliphatic rings. The van der Waals surface area contributed by atoms with Crippen molar-refractivity contribution in [3.05, 3.63) is 83.0 Å². The number of piperidine rings is 1. The van der Waals surface area contributed by atoms with Crippen molar-refractivity contribution in [1.29, 1.82) is 0 Å². The second-order valence-electron chi connectivity index (χ2n) is 7.95. The lowest BCUT2D eigenvalue weighted by atomic mass is 9.96. The van der Waals surface area contributed by atoms with Gasteiger partial charge in [-0.15, -0.1) is 0 Å². The molecule has 0 radical (unpaired) electrons. The number of nitrogens with one attached hydrogen (secondary N) is 1. The fourth-order valence-electron chi connectivity index (χ4n) is 4.26. The molecule has 0 bridgehead atoms. The molecule has 5 rings (SSSR count). The van der Waals surface area contributed by atoms with Gasteiger partial charge in [-0.1, -0.05) is 6.07 Å². The van der Waals surface area contributed by atoms with E-state index in [9.17, 15) is 9.59 Å². The summed E-state index contributed by atoms with van der Waals surface area (Å²) in [6.07, 6.45) is 6.99. The summed E-state index contributed by atoms with van der Waals surface area (Å²) < 4.78 is 1.55. The molecule has 7 nitrogen and oxygen atoms in total. The van der Waals surface area contributed by atoms with Gasteiger partial charge in [0.2, 0.25) is 0 Å². The number of pyridine rings is 1. The minimum Gasteiger partial charge on any atom is -0.361 e. The number of H-pyrrole nitrogens is 1. The summed E-state index contributed by atoms with van der Waals surface area (Å²) in [6.45, 7) is 1.93. The molecule has 4 aromatic rings. The molecule has 1 fully saturated rings. The van der Waals surface area contributed by atoms with Crippen molar-refractivity contribution in [3.63, 3.8) is 0 Å². The number of rotatable bonds is 4. The van der Waals surface area contributed by atoms with Crippen LogP contribution in [-0.2, 0) is 6.54 Å². The Morgan fingerprint density at radius 3 is 2.65 bits per heavy atom. The zero-order valence-corrected chi connectivity index (χ0v) is 17.1. The van der Waals surface area contributed by atoms with Crippen LogP contribution in [0, 0.1) is 5.92 Å². The van der Waals surface area contributed by atoms with Gasteiger partial charge in [-0.2, -0.15) is 5.10 Å². The van der Waals surface area contributed by atoms with Gasteiger partial charge in [0.25, 0.3) is 11.5 Å². The second kappa shape index (κ2) is 8.18. The van der Waals surface area contributed by atoms with Crippen molar-refractivity contribution >= 4 is 16.8 Å². The third-order valence-corrected chi connectivity index (χ3v) is 6.00. The fraction of sp³-hybridized carbons (Fsp3) is 0.250. The highest BCUT2D eigenvalue weighted by atomic mass is 16.2. The van der Waals surface area contributed by atoms with Crippen LogP contribution >= 0.6 is 0 Å². The lowest BCUT2D eigenvalue weighted by Crippen LogP contribution is -2.40. The van der Waals surface area contributed by atoms with Crippen molar-refractivity contribution < 1.29 is 4.79 Å². The smallest absolute Gasteiger partial charge is 0.266 e. The van der Waals surface area contributed by atoms with Gasteiger partial charge < -0.3 is 9.88 Å². The van der Waals surface area contributed by atoms with Gasteiger partial charge in [-0.05, 0) is 55.2 Å².